The summed E-state index contributed by atoms with van der Waals surface area (Å²) in [6.45, 7) is 1.16. The van der Waals surface area contributed by atoms with E-state index in [1.165, 1.54) is 10.8 Å². The molecule has 0 aromatic carbocycles. The van der Waals surface area contributed by atoms with Gasteiger partial charge in [0.2, 0.25) is 0 Å². The molecule has 0 atom stereocenters. The number of aryl methyl sites for hydroxylation is 2. The van der Waals surface area contributed by atoms with Gasteiger partial charge in [0.15, 0.2) is 5.15 Å². The fourth-order valence-corrected chi connectivity index (χ4v) is 1.40. The van der Waals surface area contributed by atoms with E-state index in [4.69, 9.17) is 11.6 Å². The molecule has 0 radical (unpaired) electrons. The number of hydrogen-bond acceptors (Lipinski definition) is 3. The van der Waals surface area contributed by atoms with E-state index in [-0.39, 0.29) is 10.7 Å². The Morgan fingerprint density at radius 1 is 1.27 bits per heavy atom. The minimum absolute atomic E-state index is 0.00188. The molecule has 15 heavy (non-hydrogen) atoms. The molecule has 6 heteroatoms. The summed E-state index contributed by atoms with van der Waals surface area (Å²) in [4.78, 5) is 15.2. The highest BCUT2D eigenvalue weighted by atomic mass is 35.5. The predicted molar refractivity (Wildman–Crippen MR) is 55.7 cm³/mol. The molecule has 0 fully saturated rings. The lowest BCUT2D eigenvalue weighted by atomic mass is 10.5. The Morgan fingerprint density at radius 2 is 2.13 bits per heavy atom. The van der Waals surface area contributed by atoms with E-state index in [0.717, 1.165) is 0 Å². The Bertz CT molecular complexity index is 491. The fraction of sp³-hybridized carbons (Fsp3) is 0.222. The summed E-state index contributed by atoms with van der Waals surface area (Å²) in [5, 5.41) is 4.03. The number of aromatic nitrogens is 4. The average Bonchev–Trinajstić information content (AvgIpc) is 2.73. The van der Waals surface area contributed by atoms with E-state index in [9.17, 15) is 4.79 Å². The van der Waals surface area contributed by atoms with Crippen LogP contribution in [0.5, 0.6) is 0 Å². The van der Waals surface area contributed by atoms with Gasteiger partial charge in [-0.25, -0.2) is 4.98 Å². The van der Waals surface area contributed by atoms with E-state index < -0.39 is 0 Å². The second-order valence-electron chi connectivity index (χ2n) is 2.99. The van der Waals surface area contributed by atoms with Gasteiger partial charge in [0, 0.05) is 31.3 Å². The van der Waals surface area contributed by atoms with Crippen molar-refractivity contribution in [3.05, 3.63) is 46.4 Å². The van der Waals surface area contributed by atoms with Crippen LogP contribution in [0.25, 0.3) is 0 Å². The maximum atomic E-state index is 11.5. The van der Waals surface area contributed by atoms with Gasteiger partial charge in [-0.1, -0.05) is 11.6 Å². The first-order chi connectivity index (χ1) is 7.27. The standard InChI is InChI=1S/C9H9ClN4O/c10-8-9(15)13(5-3-11-8)6-7-14-4-1-2-12-14/h1-5H,6-7H2. The predicted octanol–water partition coefficient (Wildman–Crippen LogP) is 0.793. The molecule has 0 bridgehead atoms. The molecule has 0 N–H and O–H groups in total. The molecule has 0 amide bonds. The maximum absolute atomic E-state index is 11.5. The van der Waals surface area contributed by atoms with Crippen molar-refractivity contribution in [1.82, 2.24) is 19.3 Å². The number of rotatable bonds is 3. The van der Waals surface area contributed by atoms with Crippen LogP contribution in [0.15, 0.2) is 35.6 Å². The van der Waals surface area contributed by atoms with Crippen molar-refractivity contribution in [2.75, 3.05) is 0 Å². The van der Waals surface area contributed by atoms with Crippen LogP contribution < -0.4 is 5.56 Å². The fourth-order valence-electron chi connectivity index (χ4n) is 1.24. The van der Waals surface area contributed by atoms with Gasteiger partial charge in [-0.2, -0.15) is 5.10 Å². The molecule has 2 aromatic heterocycles. The molecule has 78 valence electrons. The highest BCUT2D eigenvalue weighted by Gasteiger charge is 2.01. The van der Waals surface area contributed by atoms with Gasteiger partial charge in [0.05, 0.1) is 6.54 Å². The lowest BCUT2D eigenvalue weighted by Gasteiger charge is -2.05. The monoisotopic (exact) mass is 224 g/mol. The van der Waals surface area contributed by atoms with E-state index in [2.05, 4.69) is 10.1 Å². The molecule has 0 unspecified atom stereocenters. The molecule has 0 aliphatic carbocycles. The van der Waals surface area contributed by atoms with Crippen LogP contribution in [0.3, 0.4) is 0 Å². The van der Waals surface area contributed by atoms with Crippen molar-refractivity contribution >= 4 is 11.6 Å². The average molecular weight is 225 g/mol. The van der Waals surface area contributed by atoms with E-state index in [1.54, 1.807) is 17.1 Å². The molecule has 2 rings (SSSR count). The van der Waals surface area contributed by atoms with E-state index in [0.29, 0.717) is 13.1 Å². The minimum Gasteiger partial charge on any atom is -0.309 e. The molecule has 0 saturated carbocycles. The van der Waals surface area contributed by atoms with Crippen molar-refractivity contribution in [2.24, 2.45) is 0 Å². The van der Waals surface area contributed by atoms with Crippen LogP contribution in [-0.2, 0) is 13.1 Å². The molecule has 2 aromatic rings. The van der Waals surface area contributed by atoms with Crippen LogP contribution in [0.2, 0.25) is 5.15 Å². The van der Waals surface area contributed by atoms with Crippen LogP contribution >= 0.6 is 11.6 Å². The number of hydrogen-bond donors (Lipinski definition) is 0. The molecule has 0 saturated heterocycles. The first-order valence-corrected chi connectivity index (χ1v) is 4.83. The van der Waals surface area contributed by atoms with Gasteiger partial charge >= 0.3 is 0 Å². The van der Waals surface area contributed by atoms with Gasteiger partial charge in [-0.15, -0.1) is 0 Å². The van der Waals surface area contributed by atoms with Gasteiger partial charge in [0.1, 0.15) is 0 Å². The minimum atomic E-state index is -0.272. The van der Waals surface area contributed by atoms with Crippen LogP contribution in [0.4, 0.5) is 0 Å². The molecular weight excluding hydrogens is 216 g/mol. The SMILES string of the molecule is O=c1c(Cl)nccn1CCn1cccn1. The third-order valence-corrected chi connectivity index (χ3v) is 2.26. The van der Waals surface area contributed by atoms with Crippen LogP contribution in [0.1, 0.15) is 0 Å². The van der Waals surface area contributed by atoms with E-state index >= 15 is 0 Å². The summed E-state index contributed by atoms with van der Waals surface area (Å²) < 4.78 is 3.26. The molecule has 0 aliphatic rings. The lowest BCUT2D eigenvalue weighted by Crippen LogP contribution is -2.23. The Balaban J connectivity index is 2.12. The van der Waals surface area contributed by atoms with Crippen molar-refractivity contribution in [3.8, 4) is 0 Å². The zero-order valence-electron chi connectivity index (χ0n) is 7.88. The Hall–Kier alpha value is -1.62. The van der Waals surface area contributed by atoms with Crippen molar-refractivity contribution in [2.45, 2.75) is 13.1 Å². The highest BCUT2D eigenvalue weighted by Crippen LogP contribution is 1.94. The van der Waals surface area contributed by atoms with Crippen LogP contribution in [0, 0.1) is 0 Å². The van der Waals surface area contributed by atoms with Crippen molar-refractivity contribution in [3.63, 3.8) is 0 Å². The van der Waals surface area contributed by atoms with Gasteiger partial charge < -0.3 is 4.57 Å². The maximum Gasteiger partial charge on any atom is 0.288 e. The molecule has 0 aliphatic heterocycles. The number of nitrogens with zero attached hydrogens (tertiary/aromatic N) is 4. The summed E-state index contributed by atoms with van der Waals surface area (Å²) in [5.74, 6) is 0. The van der Waals surface area contributed by atoms with Gasteiger partial charge in [0.25, 0.3) is 5.56 Å². The van der Waals surface area contributed by atoms with Crippen LogP contribution in [-0.4, -0.2) is 19.3 Å². The molecule has 2 heterocycles. The smallest absolute Gasteiger partial charge is 0.288 e. The number of halogens is 1. The molecule has 0 spiro atoms. The van der Waals surface area contributed by atoms with Crippen molar-refractivity contribution < 1.29 is 0 Å². The summed E-state index contributed by atoms with van der Waals surface area (Å²) in [6.07, 6.45) is 6.65. The summed E-state index contributed by atoms with van der Waals surface area (Å²) >= 11 is 5.61. The normalized spacial score (nSPS) is 10.5. The first-order valence-electron chi connectivity index (χ1n) is 4.46. The second-order valence-corrected chi connectivity index (χ2v) is 3.34. The second kappa shape index (κ2) is 4.27. The third kappa shape index (κ3) is 2.24. The molecular formula is C9H9ClN4O. The zero-order chi connectivity index (χ0) is 10.7. The Labute approximate surface area is 90.9 Å². The lowest BCUT2D eigenvalue weighted by molar-refractivity contribution is 0.522. The highest BCUT2D eigenvalue weighted by molar-refractivity contribution is 6.29. The topological polar surface area (TPSA) is 52.7 Å². The summed E-state index contributed by atoms with van der Waals surface area (Å²) in [6, 6.07) is 1.84. The zero-order valence-corrected chi connectivity index (χ0v) is 8.63. The van der Waals surface area contributed by atoms with E-state index in [1.807, 2.05) is 12.3 Å². The first kappa shape index (κ1) is 9.92. The molecule has 5 nitrogen and oxygen atoms in total. The Morgan fingerprint density at radius 3 is 2.87 bits per heavy atom. The van der Waals surface area contributed by atoms with Gasteiger partial charge in [-0.3, -0.25) is 9.48 Å². The van der Waals surface area contributed by atoms with Gasteiger partial charge in [-0.05, 0) is 6.07 Å². The largest absolute Gasteiger partial charge is 0.309 e. The summed E-state index contributed by atoms with van der Waals surface area (Å²) in [5.41, 5.74) is -0.272. The Kier molecular flexibility index (Phi) is 2.82. The quantitative estimate of drug-likeness (QED) is 0.775. The third-order valence-electron chi connectivity index (χ3n) is 2.00. The van der Waals surface area contributed by atoms with Crippen molar-refractivity contribution in [1.29, 1.82) is 0 Å². The summed E-state index contributed by atoms with van der Waals surface area (Å²) in [7, 11) is 0.